The molecule has 106 valence electrons. The van der Waals surface area contributed by atoms with Gasteiger partial charge in [0.25, 0.3) is 0 Å². The second kappa shape index (κ2) is 4.78. The standard InChI is InChI=1S/C18H16FNO/c19-12-6-4-11(5-7-12)15-2-1-3-16-17(15)9-13-8-14(21)10-18(16)20-13/h1-7,13,18,20H,8-10H2. The lowest BCUT2D eigenvalue weighted by atomic mass is 9.78. The first kappa shape index (κ1) is 12.7. The van der Waals surface area contributed by atoms with Gasteiger partial charge in [0, 0.05) is 24.9 Å². The first-order valence-electron chi connectivity index (χ1n) is 7.36. The number of halogens is 1. The van der Waals surface area contributed by atoms with E-state index in [0.717, 1.165) is 12.0 Å². The van der Waals surface area contributed by atoms with Crippen LogP contribution in [0.15, 0.2) is 42.5 Å². The van der Waals surface area contributed by atoms with Gasteiger partial charge < -0.3 is 5.32 Å². The Balaban J connectivity index is 1.83. The summed E-state index contributed by atoms with van der Waals surface area (Å²) in [4.78, 5) is 11.8. The molecule has 21 heavy (non-hydrogen) atoms. The maximum atomic E-state index is 13.1. The molecule has 2 aliphatic heterocycles. The van der Waals surface area contributed by atoms with Crippen LogP contribution in [0.3, 0.4) is 0 Å². The van der Waals surface area contributed by atoms with Gasteiger partial charge in [-0.2, -0.15) is 0 Å². The van der Waals surface area contributed by atoms with Gasteiger partial charge in [-0.05, 0) is 40.8 Å². The summed E-state index contributed by atoms with van der Waals surface area (Å²) in [7, 11) is 0. The molecule has 0 aliphatic carbocycles. The van der Waals surface area contributed by atoms with E-state index in [1.165, 1.54) is 28.8 Å². The minimum atomic E-state index is -0.215. The molecule has 1 fully saturated rings. The number of hydrogen-bond acceptors (Lipinski definition) is 2. The Kier molecular flexibility index (Phi) is 2.89. The molecule has 2 unspecified atom stereocenters. The summed E-state index contributed by atoms with van der Waals surface area (Å²) in [6.07, 6.45) is 2.06. The molecule has 2 heterocycles. The lowest BCUT2D eigenvalue weighted by Gasteiger charge is -2.38. The first-order chi connectivity index (χ1) is 10.2. The lowest BCUT2D eigenvalue weighted by molar-refractivity contribution is -0.121. The van der Waals surface area contributed by atoms with Gasteiger partial charge in [0.1, 0.15) is 11.6 Å². The van der Waals surface area contributed by atoms with Crippen LogP contribution in [-0.2, 0) is 11.2 Å². The van der Waals surface area contributed by atoms with Crippen molar-refractivity contribution < 1.29 is 9.18 Å². The Bertz CT molecular complexity index is 708. The highest BCUT2D eigenvalue weighted by Crippen LogP contribution is 2.38. The second-order valence-corrected chi connectivity index (χ2v) is 5.95. The topological polar surface area (TPSA) is 29.1 Å². The van der Waals surface area contributed by atoms with Gasteiger partial charge in [0.2, 0.25) is 0 Å². The molecule has 0 radical (unpaired) electrons. The van der Waals surface area contributed by atoms with Gasteiger partial charge in [-0.1, -0.05) is 30.3 Å². The summed E-state index contributed by atoms with van der Waals surface area (Å²) in [6, 6.07) is 13.3. The van der Waals surface area contributed by atoms with E-state index in [1.54, 1.807) is 0 Å². The molecule has 3 heteroatoms. The van der Waals surface area contributed by atoms with Gasteiger partial charge >= 0.3 is 0 Å². The highest BCUT2D eigenvalue weighted by atomic mass is 19.1. The number of nitrogens with one attached hydrogen (secondary N) is 1. The summed E-state index contributed by atoms with van der Waals surface area (Å²) in [5.74, 6) is 0.134. The van der Waals surface area contributed by atoms with E-state index in [2.05, 4.69) is 17.4 Å². The number of piperidine rings is 1. The van der Waals surface area contributed by atoms with E-state index in [9.17, 15) is 9.18 Å². The van der Waals surface area contributed by atoms with Crippen LogP contribution in [0.4, 0.5) is 4.39 Å². The molecule has 0 spiro atoms. The van der Waals surface area contributed by atoms with Gasteiger partial charge in [-0.25, -0.2) is 4.39 Å². The third-order valence-corrected chi connectivity index (χ3v) is 4.54. The van der Waals surface area contributed by atoms with Crippen molar-refractivity contribution in [1.29, 1.82) is 0 Å². The summed E-state index contributed by atoms with van der Waals surface area (Å²) < 4.78 is 13.1. The quantitative estimate of drug-likeness (QED) is 0.868. The van der Waals surface area contributed by atoms with Crippen LogP contribution in [0, 0.1) is 5.82 Å². The third kappa shape index (κ3) is 2.18. The normalized spacial score (nSPS) is 23.8. The molecule has 2 nitrogen and oxygen atoms in total. The minimum absolute atomic E-state index is 0.139. The van der Waals surface area contributed by atoms with E-state index < -0.39 is 0 Å². The molecule has 4 rings (SSSR count). The number of fused-ring (bicyclic) bond motifs is 4. The fraction of sp³-hybridized carbons (Fsp3) is 0.278. The Labute approximate surface area is 123 Å². The Morgan fingerprint density at radius 1 is 1.00 bits per heavy atom. The van der Waals surface area contributed by atoms with Crippen molar-refractivity contribution in [2.75, 3.05) is 0 Å². The number of hydrogen-bond donors (Lipinski definition) is 1. The summed E-state index contributed by atoms with van der Waals surface area (Å²) in [5.41, 5.74) is 4.74. The zero-order chi connectivity index (χ0) is 14.4. The van der Waals surface area contributed by atoms with Crippen molar-refractivity contribution in [3.05, 3.63) is 59.4 Å². The Morgan fingerprint density at radius 2 is 1.81 bits per heavy atom. The van der Waals surface area contributed by atoms with E-state index >= 15 is 0 Å². The molecule has 2 atom stereocenters. The number of rotatable bonds is 1. The molecule has 0 amide bonds. The molecule has 2 aromatic carbocycles. The predicted octanol–water partition coefficient (Wildman–Crippen LogP) is 3.41. The molecule has 1 N–H and O–H groups in total. The molecule has 2 aliphatic rings. The van der Waals surface area contributed by atoms with Crippen molar-refractivity contribution >= 4 is 5.78 Å². The highest BCUT2D eigenvalue weighted by Gasteiger charge is 2.34. The maximum absolute atomic E-state index is 13.1. The number of ketones is 1. The third-order valence-electron chi connectivity index (χ3n) is 4.54. The number of carbonyl (C=O) groups excluding carboxylic acids is 1. The Hall–Kier alpha value is -2.00. The van der Waals surface area contributed by atoms with Crippen LogP contribution < -0.4 is 5.32 Å². The van der Waals surface area contributed by atoms with Crippen molar-refractivity contribution in [2.24, 2.45) is 0 Å². The van der Waals surface area contributed by atoms with Gasteiger partial charge in [-0.3, -0.25) is 4.79 Å². The molecule has 2 aromatic rings. The van der Waals surface area contributed by atoms with Crippen molar-refractivity contribution in [1.82, 2.24) is 5.32 Å². The minimum Gasteiger partial charge on any atom is -0.306 e. The maximum Gasteiger partial charge on any atom is 0.136 e. The van der Waals surface area contributed by atoms with Gasteiger partial charge in [0.15, 0.2) is 0 Å². The smallest absolute Gasteiger partial charge is 0.136 e. The van der Waals surface area contributed by atoms with Crippen molar-refractivity contribution in [3.8, 4) is 11.1 Å². The van der Waals surface area contributed by atoms with E-state index in [0.29, 0.717) is 18.6 Å². The van der Waals surface area contributed by atoms with E-state index in [4.69, 9.17) is 0 Å². The molecular formula is C18H16FNO. The fourth-order valence-electron chi connectivity index (χ4n) is 3.62. The SMILES string of the molecule is O=C1CC2Cc3c(-c4ccc(F)cc4)cccc3C(C1)N2. The molecule has 2 bridgehead atoms. The lowest BCUT2D eigenvalue weighted by Crippen LogP contribution is -2.46. The second-order valence-electron chi connectivity index (χ2n) is 5.95. The molecule has 0 aromatic heterocycles. The van der Waals surface area contributed by atoms with Gasteiger partial charge in [0.05, 0.1) is 0 Å². The van der Waals surface area contributed by atoms with E-state index in [-0.39, 0.29) is 17.9 Å². The summed E-state index contributed by atoms with van der Waals surface area (Å²) in [6.45, 7) is 0. The predicted molar refractivity (Wildman–Crippen MR) is 79.4 cm³/mol. The number of benzene rings is 2. The average Bonchev–Trinajstić information content (AvgIpc) is 2.47. The fourth-order valence-corrected chi connectivity index (χ4v) is 3.62. The molecular weight excluding hydrogens is 265 g/mol. The first-order valence-corrected chi connectivity index (χ1v) is 7.36. The van der Waals surface area contributed by atoms with Crippen LogP contribution in [-0.4, -0.2) is 11.8 Å². The zero-order valence-electron chi connectivity index (χ0n) is 11.6. The number of Topliss-reactive ketones (excluding diaryl/α,β-unsaturated/α-hetero) is 1. The van der Waals surface area contributed by atoms with Crippen LogP contribution >= 0.6 is 0 Å². The van der Waals surface area contributed by atoms with Crippen LogP contribution in [0.5, 0.6) is 0 Å². The van der Waals surface area contributed by atoms with Gasteiger partial charge in [-0.15, -0.1) is 0 Å². The molecule has 1 saturated heterocycles. The largest absolute Gasteiger partial charge is 0.306 e. The van der Waals surface area contributed by atoms with E-state index in [1.807, 2.05) is 18.2 Å². The van der Waals surface area contributed by atoms with Crippen LogP contribution in [0.25, 0.3) is 11.1 Å². The molecule has 0 saturated carbocycles. The van der Waals surface area contributed by atoms with Crippen LogP contribution in [0.1, 0.15) is 30.0 Å². The summed E-state index contributed by atoms with van der Waals surface area (Å²) in [5, 5.41) is 3.55. The van der Waals surface area contributed by atoms with Crippen LogP contribution in [0.2, 0.25) is 0 Å². The van der Waals surface area contributed by atoms with Crippen molar-refractivity contribution in [2.45, 2.75) is 31.3 Å². The summed E-state index contributed by atoms with van der Waals surface area (Å²) >= 11 is 0. The highest BCUT2D eigenvalue weighted by molar-refractivity contribution is 5.82. The average molecular weight is 281 g/mol. The number of carbonyl (C=O) groups is 1. The zero-order valence-corrected chi connectivity index (χ0v) is 11.6. The Morgan fingerprint density at radius 3 is 2.62 bits per heavy atom. The monoisotopic (exact) mass is 281 g/mol. The van der Waals surface area contributed by atoms with Crippen molar-refractivity contribution in [3.63, 3.8) is 0 Å².